The molecule has 1 aromatic rings. The molecule has 7 nitrogen and oxygen atoms in total. The van der Waals surface area contributed by atoms with Crippen molar-refractivity contribution in [2.45, 2.75) is 51.5 Å². The Morgan fingerprint density at radius 1 is 1.08 bits per heavy atom. The molecular weight excluding hydrogens is 336 g/mol. The zero-order valence-corrected chi connectivity index (χ0v) is 15.1. The Labute approximate surface area is 153 Å². The summed E-state index contributed by atoms with van der Waals surface area (Å²) in [5, 5.41) is 4.73. The molecule has 0 bridgehead atoms. The predicted molar refractivity (Wildman–Crippen MR) is 96.1 cm³/mol. The zero-order valence-electron chi connectivity index (χ0n) is 15.1. The van der Waals surface area contributed by atoms with Crippen LogP contribution in [0.15, 0.2) is 24.3 Å². The minimum atomic E-state index is -0.663. The van der Waals surface area contributed by atoms with Crippen molar-refractivity contribution in [2.75, 3.05) is 13.2 Å². The topological polar surface area (TPSA) is 93.7 Å². The summed E-state index contributed by atoms with van der Waals surface area (Å²) >= 11 is 0. The van der Waals surface area contributed by atoms with E-state index in [1.54, 1.807) is 24.3 Å². The molecule has 0 saturated heterocycles. The van der Waals surface area contributed by atoms with Gasteiger partial charge in [-0.2, -0.15) is 0 Å². The zero-order chi connectivity index (χ0) is 18.8. The van der Waals surface area contributed by atoms with E-state index in [1.165, 1.54) is 12.8 Å². The quantitative estimate of drug-likeness (QED) is 0.493. The van der Waals surface area contributed by atoms with Crippen molar-refractivity contribution < 1.29 is 23.9 Å². The number of esters is 1. The fourth-order valence-electron chi connectivity index (χ4n) is 2.23. The number of carbonyl (C=O) groups excluding carboxylic acids is 3. The first-order valence-corrected chi connectivity index (χ1v) is 9.09. The van der Waals surface area contributed by atoms with Crippen molar-refractivity contribution >= 4 is 17.9 Å². The molecule has 0 unspecified atom stereocenters. The monoisotopic (exact) mass is 362 g/mol. The summed E-state index contributed by atoms with van der Waals surface area (Å²) < 4.78 is 10.5. The maximum absolute atomic E-state index is 11.9. The minimum Gasteiger partial charge on any atom is -0.494 e. The number of benzene rings is 1. The smallest absolute Gasteiger partial charge is 0.338 e. The summed E-state index contributed by atoms with van der Waals surface area (Å²) in [6.07, 6.45) is 6.37. The van der Waals surface area contributed by atoms with Gasteiger partial charge in [0, 0.05) is 6.04 Å². The number of urea groups is 1. The van der Waals surface area contributed by atoms with Crippen molar-refractivity contribution in [3.63, 3.8) is 0 Å². The van der Waals surface area contributed by atoms with Gasteiger partial charge in [-0.05, 0) is 43.5 Å². The Kier molecular flexibility index (Phi) is 7.92. The lowest BCUT2D eigenvalue weighted by molar-refractivity contribution is -0.123. The maximum atomic E-state index is 11.9. The molecule has 0 spiro atoms. The van der Waals surface area contributed by atoms with E-state index in [1.807, 2.05) is 0 Å². The summed E-state index contributed by atoms with van der Waals surface area (Å²) in [6, 6.07) is 6.15. The molecule has 1 aliphatic rings. The van der Waals surface area contributed by atoms with E-state index >= 15 is 0 Å². The van der Waals surface area contributed by atoms with E-state index in [0.717, 1.165) is 25.7 Å². The number of unbranched alkanes of at least 4 members (excludes halogenated alkanes) is 3. The van der Waals surface area contributed by atoms with E-state index in [9.17, 15) is 14.4 Å². The Balaban J connectivity index is 1.66. The van der Waals surface area contributed by atoms with Gasteiger partial charge in [-0.3, -0.25) is 10.1 Å². The van der Waals surface area contributed by atoms with Gasteiger partial charge < -0.3 is 14.8 Å². The number of hydrogen-bond donors (Lipinski definition) is 2. The van der Waals surface area contributed by atoms with Crippen LogP contribution in [-0.4, -0.2) is 37.2 Å². The van der Waals surface area contributed by atoms with Gasteiger partial charge in [0.05, 0.1) is 12.2 Å². The van der Waals surface area contributed by atoms with Gasteiger partial charge in [-0.25, -0.2) is 9.59 Å². The lowest BCUT2D eigenvalue weighted by Gasteiger charge is -2.08. The third-order valence-electron chi connectivity index (χ3n) is 3.86. The lowest BCUT2D eigenvalue weighted by Crippen LogP contribution is -2.42. The number of imide groups is 1. The second kappa shape index (κ2) is 10.4. The Bertz CT molecular complexity index is 611. The molecule has 2 N–H and O–H groups in total. The molecule has 0 aliphatic heterocycles. The highest BCUT2D eigenvalue weighted by Gasteiger charge is 2.24. The standard InChI is InChI=1S/C19H26N2O5/c1-2-3-4-5-12-25-16-10-6-14(7-11-16)18(23)26-13-17(22)21-19(24)20-15-8-9-15/h6-7,10-11,15H,2-5,8-9,12-13H2,1H3,(H2,20,21,22,24). The first-order valence-electron chi connectivity index (χ1n) is 9.09. The third-order valence-corrected chi connectivity index (χ3v) is 3.86. The van der Waals surface area contributed by atoms with Crippen LogP contribution in [0.25, 0.3) is 0 Å². The number of ether oxygens (including phenoxy) is 2. The van der Waals surface area contributed by atoms with Crippen LogP contribution in [0.1, 0.15) is 55.8 Å². The van der Waals surface area contributed by atoms with Gasteiger partial charge in [-0.1, -0.05) is 26.2 Å². The summed E-state index contributed by atoms with van der Waals surface area (Å²) in [7, 11) is 0. The van der Waals surface area contributed by atoms with Crippen molar-refractivity contribution in [1.29, 1.82) is 0 Å². The molecule has 1 saturated carbocycles. The molecule has 1 fully saturated rings. The highest BCUT2D eigenvalue weighted by atomic mass is 16.5. The van der Waals surface area contributed by atoms with Crippen LogP contribution in [0.5, 0.6) is 5.75 Å². The Morgan fingerprint density at radius 3 is 2.46 bits per heavy atom. The number of rotatable bonds is 10. The average molecular weight is 362 g/mol. The molecule has 142 valence electrons. The summed E-state index contributed by atoms with van der Waals surface area (Å²) in [4.78, 5) is 34.9. The van der Waals surface area contributed by atoms with Gasteiger partial charge in [0.2, 0.25) is 0 Å². The van der Waals surface area contributed by atoms with E-state index in [2.05, 4.69) is 17.6 Å². The van der Waals surface area contributed by atoms with Gasteiger partial charge in [0.15, 0.2) is 6.61 Å². The minimum absolute atomic E-state index is 0.151. The largest absolute Gasteiger partial charge is 0.494 e. The van der Waals surface area contributed by atoms with Gasteiger partial charge >= 0.3 is 12.0 Å². The number of amides is 3. The van der Waals surface area contributed by atoms with Crippen molar-refractivity contribution in [3.05, 3.63) is 29.8 Å². The Morgan fingerprint density at radius 2 is 1.81 bits per heavy atom. The molecular formula is C19H26N2O5. The van der Waals surface area contributed by atoms with Crippen LogP contribution in [0.4, 0.5) is 4.79 Å². The normalized spacial score (nSPS) is 13.0. The summed E-state index contributed by atoms with van der Waals surface area (Å²) in [5.41, 5.74) is 0.318. The van der Waals surface area contributed by atoms with Crippen LogP contribution in [-0.2, 0) is 9.53 Å². The number of nitrogens with one attached hydrogen (secondary N) is 2. The predicted octanol–water partition coefficient (Wildman–Crippen LogP) is 2.79. The third kappa shape index (κ3) is 7.55. The molecule has 3 amide bonds. The second-order valence-corrected chi connectivity index (χ2v) is 6.31. The van der Waals surface area contributed by atoms with Gasteiger partial charge in [0.25, 0.3) is 5.91 Å². The van der Waals surface area contributed by atoms with Crippen LogP contribution < -0.4 is 15.4 Å². The van der Waals surface area contributed by atoms with Crippen LogP contribution in [0.3, 0.4) is 0 Å². The molecule has 0 aromatic heterocycles. The van der Waals surface area contributed by atoms with Crippen LogP contribution in [0.2, 0.25) is 0 Å². The molecule has 0 atom stereocenters. The molecule has 0 heterocycles. The van der Waals surface area contributed by atoms with Crippen molar-refractivity contribution in [3.8, 4) is 5.75 Å². The second-order valence-electron chi connectivity index (χ2n) is 6.31. The highest BCUT2D eigenvalue weighted by Crippen LogP contribution is 2.18. The van der Waals surface area contributed by atoms with E-state index in [-0.39, 0.29) is 6.04 Å². The first kappa shape index (κ1) is 19.8. The lowest BCUT2D eigenvalue weighted by atomic mass is 10.2. The molecule has 1 aliphatic carbocycles. The summed E-state index contributed by atoms with van der Waals surface area (Å²) in [6.45, 7) is 2.30. The van der Waals surface area contributed by atoms with Gasteiger partial charge in [-0.15, -0.1) is 0 Å². The SMILES string of the molecule is CCCCCCOc1ccc(C(=O)OCC(=O)NC(=O)NC2CC2)cc1. The fraction of sp³-hybridized carbons (Fsp3) is 0.526. The highest BCUT2D eigenvalue weighted by molar-refractivity contribution is 5.97. The van der Waals surface area contributed by atoms with Gasteiger partial charge in [0.1, 0.15) is 5.75 Å². The van der Waals surface area contributed by atoms with E-state index in [4.69, 9.17) is 9.47 Å². The molecule has 0 radical (unpaired) electrons. The number of hydrogen-bond acceptors (Lipinski definition) is 5. The Hall–Kier alpha value is -2.57. The van der Waals surface area contributed by atoms with Crippen molar-refractivity contribution in [2.24, 2.45) is 0 Å². The van der Waals surface area contributed by atoms with E-state index < -0.39 is 24.5 Å². The van der Waals surface area contributed by atoms with E-state index in [0.29, 0.717) is 17.9 Å². The molecule has 1 aromatic carbocycles. The summed E-state index contributed by atoms with van der Waals surface area (Å²) in [5.74, 6) is -0.603. The van der Waals surface area contributed by atoms with Crippen LogP contribution >= 0.6 is 0 Å². The molecule has 2 rings (SSSR count). The molecule has 26 heavy (non-hydrogen) atoms. The number of carbonyl (C=O) groups is 3. The van der Waals surface area contributed by atoms with Crippen molar-refractivity contribution in [1.82, 2.24) is 10.6 Å². The fourth-order valence-corrected chi connectivity index (χ4v) is 2.23. The average Bonchev–Trinajstić information content (AvgIpc) is 3.44. The van der Waals surface area contributed by atoms with Crippen LogP contribution in [0, 0.1) is 0 Å². The maximum Gasteiger partial charge on any atom is 0.338 e. The molecule has 7 heteroatoms. The first-order chi connectivity index (χ1) is 12.6.